The standard InChI is InChI=1S/C10H11ClF3N3O.ClH/c1-16(2)9(18)17(15)6-3-4-8(11)7(5-6)10(12,13)14;/h3-5H,15H2,1-2H3;1H. The van der Waals surface area contributed by atoms with Crippen LogP contribution >= 0.6 is 24.0 Å². The molecule has 0 fully saturated rings. The number of nitrogens with two attached hydrogens (primary N) is 1. The molecule has 2 amide bonds. The Bertz CT molecular complexity index is 466. The Kier molecular flexibility index (Phi) is 5.92. The van der Waals surface area contributed by atoms with Gasteiger partial charge >= 0.3 is 12.2 Å². The molecule has 2 N–H and O–H groups in total. The molecule has 1 aromatic rings. The molecule has 0 spiro atoms. The molecule has 4 nitrogen and oxygen atoms in total. The lowest BCUT2D eigenvalue weighted by Gasteiger charge is -2.22. The van der Waals surface area contributed by atoms with Crippen LogP contribution in [0.4, 0.5) is 23.7 Å². The van der Waals surface area contributed by atoms with Crippen LogP contribution in [-0.2, 0) is 6.18 Å². The number of carbonyl (C=O) groups excluding carboxylic acids is 1. The number of rotatable bonds is 1. The van der Waals surface area contributed by atoms with Crippen molar-refractivity contribution in [3.05, 3.63) is 28.8 Å². The van der Waals surface area contributed by atoms with Crippen molar-refractivity contribution < 1.29 is 18.0 Å². The topological polar surface area (TPSA) is 49.6 Å². The predicted molar refractivity (Wildman–Crippen MR) is 69.5 cm³/mol. The zero-order valence-electron chi connectivity index (χ0n) is 10.0. The lowest BCUT2D eigenvalue weighted by Crippen LogP contribution is -2.44. The molecule has 9 heteroatoms. The summed E-state index contributed by atoms with van der Waals surface area (Å²) in [6.07, 6.45) is -4.60. The van der Waals surface area contributed by atoms with E-state index in [9.17, 15) is 18.0 Å². The predicted octanol–water partition coefficient (Wildman–Crippen LogP) is 3.14. The third kappa shape index (κ3) is 4.15. The summed E-state index contributed by atoms with van der Waals surface area (Å²) in [6.45, 7) is 0. The molecule has 0 bridgehead atoms. The Morgan fingerprint density at radius 3 is 2.26 bits per heavy atom. The molecule has 0 atom stereocenters. The van der Waals surface area contributed by atoms with Gasteiger partial charge in [0.25, 0.3) is 0 Å². The van der Waals surface area contributed by atoms with Gasteiger partial charge in [-0.1, -0.05) is 11.6 Å². The van der Waals surface area contributed by atoms with Crippen molar-refractivity contribution in [2.24, 2.45) is 5.84 Å². The normalized spacial score (nSPS) is 10.7. The number of hydrogen-bond donors (Lipinski definition) is 1. The van der Waals surface area contributed by atoms with Gasteiger partial charge in [0, 0.05) is 14.1 Å². The fourth-order valence-corrected chi connectivity index (χ4v) is 1.43. The number of nitrogens with zero attached hydrogens (tertiary/aromatic N) is 2. The molecular weight excluding hydrogens is 306 g/mol. The van der Waals surface area contributed by atoms with Crippen LogP contribution in [0.5, 0.6) is 0 Å². The maximum Gasteiger partial charge on any atom is 0.417 e. The third-order valence-electron chi connectivity index (χ3n) is 2.12. The highest BCUT2D eigenvalue weighted by Gasteiger charge is 2.34. The van der Waals surface area contributed by atoms with Crippen molar-refractivity contribution in [2.45, 2.75) is 6.18 Å². The van der Waals surface area contributed by atoms with Crippen molar-refractivity contribution in [1.82, 2.24) is 4.90 Å². The molecule has 1 rings (SSSR count). The molecular formula is C10H12Cl2F3N3O. The van der Waals surface area contributed by atoms with Crippen molar-refractivity contribution in [3.63, 3.8) is 0 Å². The quantitative estimate of drug-likeness (QED) is 0.491. The molecule has 0 aliphatic carbocycles. The summed E-state index contributed by atoms with van der Waals surface area (Å²) >= 11 is 5.45. The van der Waals surface area contributed by atoms with Crippen LogP contribution in [0.1, 0.15) is 5.56 Å². The Labute approximate surface area is 119 Å². The van der Waals surface area contributed by atoms with Crippen LogP contribution in [0.25, 0.3) is 0 Å². The molecule has 0 heterocycles. The van der Waals surface area contributed by atoms with Gasteiger partial charge in [-0.25, -0.2) is 15.6 Å². The van der Waals surface area contributed by atoms with Crippen LogP contribution in [0.15, 0.2) is 18.2 Å². The molecule has 19 heavy (non-hydrogen) atoms. The van der Waals surface area contributed by atoms with Crippen molar-refractivity contribution in [2.75, 3.05) is 19.1 Å². The molecule has 0 aromatic heterocycles. The van der Waals surface area contributed by atoms with E-state index in [4.69, 9.17) is 17.4 Å². The maximum absolute atomic E-state index is 12.6. The first-order valence-electron chi connectivity index (χ1n) is 4.77. The third-order valence-corrected chi connectivity index (χ3v) is 2.45. The van der Waals surface area contributed by atoms with Gasteiger partial charge in [-0.2, -0.15) is 13.2 Å². The Hall–Kier alpha value is -1.18. The first-order chi connectivity index (χ1) is 8.14. The number of anilines is 1. The van der Waals surface area contributed by atoms with Crippen LogP contribution < -0.4 is 10.9 Å². The molecule has 0 aliphatic rings. The van der Waals surface area contributed by atoms with Crippen molar-refractivity contribution in [3.8, 4) is 0 Å². The number of hydrazine groups is 1. The number of hydrogen-bond acceptors (Lipinski definition) is 2. The van der Waals surface area contributed by atoms with Gasteiger partial charge in [-0.05, 0) is 18.2 Å². The zero-order valence-corrected chi connectivity index (χ0v) is 11.6. The number of carbonyl (C=O) groups is 1. The summed E-state index contributed by atoms with van der Waals surface area (Å²) in [7, 11) is 2.87. The van der Waals surface area contributed by atoms with Gasteiger partial charge in [0.1, 0.15) is 0 Å². The van der Waals surface area contributed by atoms with Crippen LogP contribution in [-0.4, -0.2) is 25.0 Å². The SMILES string of the molecule is CN(C)C(=O)N(N)c1ccc(Cl)c(C(F)(F)F)c1.Cl. The first-order valence-corrected chi connectivity index (χ1v) is 5.15. The van der Waals surface area contributed by atoms with Crippen LogP contribution in [0.3, 0.4) is 0 Å². The second-order valence-corrected chi connectivity index (χ2v) is 4.12. The van der Waals surface area contributed by atoms with Gasteiger partial charge in [0.2, 0.25) is 0 Å². The van der Waals surface area contributed by atoms with Gasteiger partial charge in [0.05, 0.1) is 16.3 Å². The number of amides is 2. The van der Waals surface area contributed by atoms with E-state index in [1.807, 2.05) is 0 Å². The van der Waals surface area contributed by atoms with E-state index in [-0.39, 0.29) is 18.1 Å². The van der Waals surface area contributed by atoms with E-state index in [0.717, 1.165) is 17.0 Å². The molecule has 0 saturated carbocycles. The smallest absolute Gasteiger partial charge is 0.329 e. The first kappa shape index (κ1) is 17.8. The average Bonchev–Trinajstić information content (AvgIpc) is 2.26. The monoisotopic (exact) mass is 317 g/mol. The number of alkyl halides is 3. The van der Waals surface area contributed by atoms with Gasteiger partial charge in [-0.3, -0.25) is 0 Å². The van der Waals surface area contributed by atoms with Crippen molar-refractivity contribution in [1.29, 1.82) is 0 Å². The highest BCUT2D eigenvalue weighted by molar-refractivity contribution is 6.31. The highest BCUT2D eigenvalue weighted by atomic mass is 35.5. The number of benzene rings is 1. The lowest BCUT2D eigenvalue weighted by atomic mass is 10.2. The Morgan fingerprint density at radius 2 is 1.84 bits per heavy atom. The van der Waals surface area contributed by atoms with Gasteiger partial charge in [-0.15, -0.1) is 12.4 Å². The Morgan fingerprint density at radius 1 is 1.32 bits per heavy atom. The molecule has 108 valence electrons. The molecule has 0 aliphatic heterocycles. The zero-order chi connectivity index (χ0) is 14.1. The average molecular weight is 318 g/mol. The van der Waals surface area contributed by atoms with E-state index in [0.29, 0.717) is 5.01 Å². The Balaban J connectivity index is 0.00000324. The minimum absolute atomic E-state index is 0. The molecule has 1 aromatic carbocycles. The summed E-state index contributed by atoms with van der Waals surface area (Å²) in [5.41, 5.74) is -1.13. The lowest BCUT2D eigenvalue weighted by molar-refractivity contribution is -0.137. The summed E-state index contributed by atoms with van der Waals surface area (Å²) in [5, 5.41) is 0.169. The summed E-state index contributed by atoms with van der Waals surface area (Å²) < 4.78 is 37.8. The van der Waals surface area contributed by atoms with E-state index in [1.54, 1.807) is 0 Å². The summed E-state index contributed by atoms with van der Waals surface area (Å²) in [4.78, 5) is 12.6. The second-order valence-electron chi connectivity index (χ2n) is 3.71. The van der Waals surface area contributed by atoms with E-state index < -0.39 is 22.8 Å². The molecule has 0 unspecified atom stereocenters. The fraction of sp³-hybridized carbons (Fsp3) is 0.300. The van der Waals surface area contributed by atoms with Gasteiger partial charge in [0.15, 0.2) is 0 Å². The molecule has 0 saturated heterocycles. The van der Waals surface area contributed by atoms with Crippen LogP contribution in [0.2, 0.25) is 5.02 Å². The maximum atomic E-state index is 12.6. The van der Waals surface area contributed by atoms with Crippen LogP contribution in [0, 0.1) is 0 Å². The van der Waals surface area contributed by atoms with E-state index in [2.05, 4.69) is 0 Å². The largest absolute Gasteiger partial charge is 0.417 e. The summed E-state index contributed by atoms with van der Waals surface area (Å²) in [5.74, 6) is 5.43. The van der Waals surface area contributed by atoms with E-state index >= 15 is 0 Å². The minimum atomic E-state index is -4.60. The second kappa shape index (κ2) is 6.31. The summed E-state index contributed by atoms with van der Waals surface area (Å²) in [6, 6.07) is 2.36. The number of halogens is 5. The minimum Gasteiger partial charge on any atom is -0.329 e. The van der Waals surface area contributed by atoms with E-state index in [1.165, 1.54) is 20.2 Å². The number of urea groups is 1. The molecule has 0 radical (unpaired) electrons. The fourth-order valence-electron chi connectivity index (χ4n) is 1.21. The van der Waals surface area contributed by atoms with Crippen molar-refractivity contribution >= 4 is 35.7 Å². The van der Waals surface area contributed by atoms with Gasteiger partial charge < -0.3 is 4.90 Å². The highest BCUT2D eigenvalue weighted by Crippen LogP contribution is 2.36.